The summed E-state index contributed by atoms with van der Waals surface area (Å²) in [5.41, 5.74) is 19.6. The lowest BCUT2D eigenvalue weighted by Crippen LogP contribution is -2.26. The lowest BCUT2D eigenvalue weighted by atomic mass is 9.96. The van der Waals surface area contributed by atoms with Gasteiger partial charge in [0.05, 0.1) is 41.6 Å². The van der Waals surface area contributed by atoms with Gasteiger partial charge in [-0.3, -0.25) is 14.6 Å². The van der Waals surface area contributed by atoms with Crippen molar-refractivity contribution in [3.8, 4) is 33.8 Å². The number of aromatic nitrogens is 3. The summed E-state index contributed by atoms with van der Waals surface area (Å²) in [7, 11) is -7.88. The second-order valence-electron chi connectivity index (χ2n) is 15.8. The maximum atomic E-state index is 14.5. The number of ether oxygens (including phenoxy) is 2. The van der Waals surface area contributed by atoms with Crippen LogP contribution in [0.1, 0.15) is 39.6 Å². The quantitative estimate of drug-likeness (QED) is 0.0688. The number of benzene rings is 5. The molecule has 1 atom stereocenters. The second kappa shape index (κ2) is 18.7. The van der Waals surface area contributed by atoms with Gasteiger partial charge in [-0.25, -0.2) is 24.8 Å². The van der Waals surface area contributed by atoms with E-state index in [4.69, 9.17) is 20.9 Å². The standard InChI is InChI=1S/C49H45N5O10S2/c1-65(59,60)53-17-14-39-41(19-31(21-44(39)53)28-63-46-11-4-2-7-36(46)25-48(55)56)33-9-6-10-35(23-33)43(51)30-66(61,62)54-18-15-40-42(34-13-16-52-38(24-34)27-50)20-32(22-45(40)54)29-64-47-12-5-3-8-37(47)26-49(57)58/h2-24,43H,25-30,50-51H2,1H3,(H,55,56)(H,57,58). The predicted octanol–water partition coefficient (Wildman–Crippen LogP) is 6.88. The fourth-order valence-electron chi connectivity index (χ4n) is 8.06. The normalized spacial score (nSPS) is 12.3. The molecule has 15 nitrogen and oxygen atoms in total. The Morgan fingerprint density at radius 1 is 0.667 bits per heavy atom. The van der Waals surface area contributed by atoms with Crippen molar-refractivity contribution in [3.05, 3.63) is 173 Å². The molecule has 0 saturated heterocycles. The van der Waals surface area contributed by atoms with E-state index in [1.807, 2.05) is 30.3 Å². The molecule has 0 amide bonds. The number of carboxylic acids is 2. The van der Waals surface area contributed by atoms with Crippen molar-refractivity contribution in [3.63, 3.8) is 0 Å². The number of aliphatic carboxylic acids is 2. The van der Waals surface area contributed by atoms with Gasteiger partial charge >= 0.3 is 11.9 Å². The molecular formula is C49H45N5O10S2. The van der Waals surface area contributed by atoms with Gasteiger partial charge in [0.25, 0.3) is 0 Å². The third-order valence-electron chi connectivity index (χ3n) is 11.1. The molecule has 17 heteroatoms. The average molecular weight is 928 g/mol. The van der Waals surface area contributed by atoms with E-state index in [0.717, 1.165) is 11.8 Å². The highest BCUT2D eigenvalue weighted by Gasteiger charge is 2.24. The molecular weight excluding hydrogens is 883 g/mol. The fraction of sp³-hybridized carbons (Fsp3) is 0.163. The van der Waals surface area contributed by atoms with Crippen molar-refractivity contribution >= 4 is 53.8 Å². The maximum Gasteiger partial charge on any atom is 0.307 e. The lowest BCUT2D eigenvalue weighted by Gasteiger charge is -2.17. The SMILES string of the molecule is CS(=O)(=O)n1ccc2c(-c3cccc(C(N)CS(=O)(=O)n4ccc5c(-c6ccnc(CN)c6)cc(COc6ccccc6CC(=O)O)cc54)c3)cc(COc3ccccc3CC(=O)O)cc21. The summed E-state index contributed by atoms with van der Waals surface area (Å²) in [6, 6.07) is 33.9. The van der Waals surface area contributed by atoms with Gasteiger partial charge in [-0.15, -0.1) is 0 Å². The van der Waals surface area contributed by atoms with Crippen molar-refractivity contribution in [2.75, 3.05) is 12.0 Å². The first-order valence-corrected chi connectivity index (χ1v) is 24.1. The summed E-state index contributed by atoms with van der Waals surface area (Å²) in [5.74, 6) is -1.75. The number of nitrogens with two attached hydrogens (primary N) is 2. The summed E-state index contributed by atoms with van der Waals surface area (Å²) in [4.78, 5) is 27.4. The van der Waals surface area contributed by atoms with Crippen LogP contribution in [0.15, 0.2) is 140 Å². The van der Waals surface area contributed by atoms with Crippen LogP contribution in [0.3, 0.4) is 0 Å². The zero-order valence-corrected chi connectivity index (χ0v) is 37.2. The van der Waals surface area contributed by atoms with Crippen LogP contribution in [-0.4, -0.2) is 63.9 Å². The molecule has 8 aromatic rings. The second-order valence-corrected chi connectivity index (χ2v) is 19.6. The van der Waals surface area contributed by atoms with E-state index >= 15 is 0 Å². The molecule has 0 spiro atoms. The summed E-state index contributed by atoms with van der Waals surface area (Å²) in [5, 5.41) is 20.1. The van der Waals surface area contributed by atoms with Crippen LogP contribution < -0.4 is 20.9 Å². The molecule has 6 N–H and O–H groups in total. The molecule has 1 unspecified atom stereocenters. The highest BCUT2D eigenvalue weighted by molar-refractivity contribution is 7.90. The minimum atomic E-state index is -4.15. The first kappa shape index (κ1) is 45.3. The Kier molecular flexibility index (Phi) is 12.8. The number of hydrogen-bond acceptors (Lipinski definition) is 11. The molecule has 0 aliphatic carbocycles. The first-order valence-electron chi connectivity index (χ1n) is 20.7. The molecule has 3 heterocycles. The molecule has 3 aromatic heterocycles. The zero-order chi connectivity index (χ0) is 46.8. The molecule has 0 aliphatic heterocycles. The molecule has 0 aliphatic rings. The molecule has 0 fully saturated rings. The van der Waals surface area contributed by atoms with Crippen molar-refractivity contribution in [2.24, 2.45) is 11.5 Å². The summed E-state index contributed by atoms with van der Waals surface area (Å²) >= 11 is 0. The number of nitrogens with zero attached hydrogens (tertiary/aromatic N) is 3. The van der Waals surface area contributed by atoms with Gasteiger partial charge in [-0.05, 0) is 106 Å². The van der Waals surface area contributed by atoms with Crippen LogP contribution in [0.2, 0.25) is 0 Å². The molecule has 0 radical (unpaired) electrons. The van der Waals surface area contributed by atoms with Gasteiger partial charge in [0.1, 0.15) is 24.7 Å². The number of rotatable bonds is 18. The van der Waals surface area contributed by atoms with Crippen LogP contribution in [0.4, 0.5) is 0 Å². The van der Waals surface area contributed by atoms with Crippen LogP contribution in [-0.2, 0) is 62.2 Å². The van der Waals surface area contributed by atoms with Crippen LogP contribution in [0.25, 0.3) is 44.1 Å². The zero-order valence-electron chi connectivity index (χ0n) is 35.6. The highest BCUT2D eigenvalue weighted by Crippen LogP contribution is 2.36. The average Bonchev–Trinajstić information content (AvgIpc) is 3.93. The third kappa shape index (κ3) is 9.84. The number of hydrogen-bond donors (Lipinski definition) is 4. The van der Waals surface area contributed by atoms with Crippen molar-refractivity contribution in [1.82, 2.24) is 12.9 Å². The van der Waals surface area contributed by atoms with Gasteiger partial charge in [0.15, 0.2) is 0 Å². The number of fused-ring (bicyclic) bond motifs is 2. The minimum absolute atomic E-state index is 0.00187. The monoisotopic (exact) mass is 927 g/mol. The smallest absolute Gasteiger partial charge is 0.307 e. The van der Waals surface area contributed by atoms with Crippen LogP contribution in [0.5, 0.6) is 11.5 Å². The molecule has 8 rings (SSSR count). The van der Waals surface area contributed by atoms with Crippen molar-refractivity contribution in [1.29, 1.82) is 0 Å². The number of para-hydroxylation sites is 2. The minimum Gasteiger partial charge on any atom is -0.489 e. The van der Waals surface area contributed by atoms with Crippen molar-refractivity contribution in [2.45, 2.75) is 38.6 Å². The Balaban J connectivity index is 1.13. The molecule has 338 valence electrons. The predicted molar refractivity (Wildman–Crippen MR) is 251 cm³/mol. The van der Waals surface area contributed by atoms with E-state index in [1.165, 1.54) is 20.3 Å². The molecule has 0 bridgehead atoms. The van der Waals surface area contributed by atoms with E-state index in [1.54, 1.807) is 97.2 Å². The van der Waals surface area contributed by atoms with E-state index < -0.39 is 43.8 Å². The van der Waals surface area contributed by atoms with Crippen molar-refractivity contribution < 1.29 is 46.1 Å². The summed E-state index contributed by atoms with van der Waals surface area (Å²) in [6.45, 7) is 0.176. The van der Waals surface area contributed by atoms with E-state index in [9.17, 15) is 36.6 Å². The Hall–Kier alpha value is -7.31. The largest absolute Gasteiger partial charge is 0.489 e. The first-order chi connectivity index (χ1) is 31.6. The van der Waals surface area contributed by atoms with Crippen LogP contribution >= 0.6 is 0 Å². The summed E-state index contributed by atoms with van der Waals surface area (Å²) in [6.07, 6.45) is 5.21. The fourth-order valence-corrected chi connectivity index (χ4v) is 10.3. The van der Waals surface area contributed by atoms with Crippen LogP contribution in [0, 0.1) is 0 Å². The van der Waals surface area contributed by atoms with E-state index in [0.29, 0.717) is 83.5 Å². The van der Waals surface area contributed by atoms with Gasteiger partial charge in [0.2, 0.25) is 20.0 Å². The number of carbonyl (C=O) groups is 2. The summed E-state index contributed by atoms with van der Waals surface area (Å²) < 4.78 is 69.4. The van der Waals surface area contributed by atoms with E-state index in [2.05, 4.69) is 4.98 Å². The van der Waals surface area contributed by atoms with Gasteiger partial charge < -0.3 is 31.2 Å². The molecule has 5 aromatic carbocycles. The number of carboxylic acid groups (broad SMARTS) is 2. The maximum absolute atomic E-state index is 14.5. The molecule has 66 heavy (non-hydrogen) atoms. The highest BCUT2D eigenvalue weighted by atomic mass is 32.2. The Bertz CT molecular complexity index is 3380. The Morgan fingerprint density at radius 2 is 1.20 bits per heavy atom. The lowest BCUT2D eigenvalue weighted by molar-refractivity contribution is -0.137. The molecule has 0 saturated carbocycles. The Morgan fingerprint density at radius 3 is 1.74 bits per heavy atom. The van der Waals surface area contributed by atoms with Gasteiger partial charge in [-0.2, -0.15) is 0 Å². The van der Waals surface area contributed by atoms with Gasteiger partial charge in [0, 0.05) is 53.1 Å². The Labute approximate surface area is 380 Å². The van der Waals surface area contributed by atoms with E-state index in [-0.39, 0.29) is 32.6 Å². The topological polar surface area (TPSA) is 236 Å². The third-order valence-corrected chi connectivity index (χ3v) is 13.8. The van der Waals surface area contributed by atoms with Gasteiger partial charge in [-0.1, -0.05) is 54.6 Å². The number of pyridine rings is 1.